The van der Waals surface area contributed by atoms with E-state index >= 15 is 0 Å². The molecule has 1 heterocycles. The summed E-state index contributed by atoms with van der Waals surface area (Å²) in [6.45, 7) is 0. The molecule has 0 amide bonds. The van der Waals surface area contributed by atoms with Crippen molar-refractivity contribution in [2.24, 2.45) is 7.05 Å². The van der Waals surface area contributed by atoms with E-state index in [1.54, 1.807) is 4.68 Å². The number of aromatic nitrogens is 2. The molecule has 1 saturated carbocycles. The zero-order valence-electron chi connectivity index (χ0n) is 9.07. The summed E-state index contributed by atoms with van der Waals surface area (Å²) >= 11 is 6.12. The molecule has 16 heavy (non-hydrogen) atoms. The van der Waals surface area contributed by atoms with Crippen LogP contribution in [0.3, 0.4) is 0 Å². The number of benzene rings is 1. The lowest BCUT2D eigenvalue weighted by atomic mass is 10.0. The van der Waals surface area contributed by atoms with Crippen molar-refractivity contribution in [3.63, 3.8) is 0 Å². The van der Waals surface area contributed by atoms with E-state index in [1.165, 1.54) is 0 Å². The Morgan fingerprint density at radius 1 is 1.50 bits per heavy atom. The van der Waals surface area contributed by atoms with E-state index in [2.05, 4.69) is 5.10 Å². The third-order valence-electron chi connectivity index (χ3n) is 3.27. The molecule has 1 fully saturated rings. The molecule has 0 unspecified atom stereocenters. The number of halogens is 1. The molecular formula is C12H13ClN2O. The lowest BCUT2D eigenvalue weighted by molar-refractivity contribution is 0.151. The molecule has 3 nitrogen and oxygen atoms in total. The predicted octanol–water partition coefficient (Wildman–Crippen LogP) is 2.29. The number of hydrogen-bond donors (Lipinski definition) is 1. The second-order valence-corrected chi connectivity index (χ2v) is 4.98. The summed E-state index contributed by atoms with van der Waals surface area (Å²) < 4.78 is 1.78. The zero-order chi connectivity index (χ0) is 11.3. The lowest BCUT2D eigenvalue weighted by Crippen LogP contribution is -2.10. The van der Waals surface area contributed by atoms with Crippen LogP contribution in [0.4, 0.5) is 0 Å². The van der Waals surface area contributed by atoms with E-state index in [1.807, 2.05) is 25.2 Å². The van der Waals surface area contributed by atoms with E-state index in [4.69, 9.17) is 11.6 Å². The lowest BCUT2D eigenvalue weighted by Gasteiger charge is -2.08. The Morgan fingerprint density at radius 2 is 2.25 bits per heavy atom. The summed E-state index contributed by atoms with van der Waals surface area (Å²) in [5.41, 5.74) is 1.62. The third kappa shape index (κ3) is 1.51. The van der Waals surface area contributed by atoms with Crippen LogP contribution in [0.15, 0.2) is 18.2 Å². The highest BCUT2D eigenvalue weighted by Crippen LogP contribution is 2.40. The van der Waals surface area contributed by atoms with Crippen LogP contribution in [0.2, 0.25) is 5.15 Å². The molecule has 4 heteroatoms. The third-order valence-corrected chi connectivity index (χ3v) is 3.53. The first kappa shape index (κ1) is 10.1. The number of rotatable bonds is 2. The Hall–Kier alpha value is -1.06. The van der Waals surface area contributed by atoms with Crippen LogP contribution >= 0.6 is 11.6 Å². The molecule has 84 valence electrons. The largest absolute Gasteiger partial charge is 0.390 e. The highest BCUT2D eigenvalue weighted by molar-refractivity contribution is 6.34. The fourth-order valence-corrected chi connectivity index (χ4v) is 2.48. The number of aliphatic hydroxyl groups is 1. The minimum Gasteiger partial charge on any atom is -0.390 e. The molecule has 0 saturated heterocycles. The molecular weight excluding hydrogens is 224 g/mol. The van der Waals surface area contributed by atoms with Gasteiger partial charge in [0.05, 0.1) is 11.1 Å². The maximum absolute atomic E-state index is 9.97. The minimum absolute atomic E-state index is 0.493. The van der Waals surface area contributed by atoms with E-state index in [9.17, 15) is 5.11 Å². The molecule has 0 aliphatic heterocycles. The first-order valence-corrected chi connectivity index (χ1v) is 5.79. The van der Waals surface area contributed by atoms with Crippen LogP contribution in [-0.4, -0.2) is 20.5 Å². The summed E-state index contributed by atoms with van der Waals surface area (Å²) in [7, 11) is 1.88. The van der Waals surface area contributed by atoms with Crippen molar-refractivity contribution in [3.8, 4) is 0 Å². The monoisotopic (exact) mass is 236 g/mol. The van der Waals surface area contributed by atoms with Gasteiger partial charge in [0.1, 0.15) is 0 Å². The minimum atomic E-state index is -0.493. The second kappa shape index (κ2) is 3.22. The van der Waals surface area contributed by atoms with Crippen LogP contribution in [0.1, 0.15) is 18.4 Å². The van der Waals surface area contributed by atoms with Crippen molar-refractivity contribution < 1.29 is 5.11 Å². The smallest absolute Gasteiger partial charge is 0.159 e. The molecule has 1 N–H and O–H groups in total. The molecule has 0 spiro atoms. The molecule has 0 radical (unpaired) electrons. The van der Waals surface area contributed by atoms with Gasteiger partial charge in [-0.25, -0.2) is 0 Å². The molecule has 1 aliphatic rings. The Bertz CT molecular complexity index is 557. The van der Waals surface area contributed by atoms with Crippen LogP contribution < -0.4 is 0 Å². The fraction of sp³-hybridized carbons (Fsp3) is 0.417. The maximum Gasteiger partial charge on any atom is 0.159 e. The molecule has 0 bridgehead atoms. The van der Waals surface area contributed by atoms with Crippen molar-refractivity contribution in [2.75, 3.05) is 0 Å². The van der Waals surface area contributed by atoms with Crippen molar-refractivity contribution in [3.05, 3.63) is 28.9 Å². The molecule has 3 rings (SSSR count). The van der Waals surface area contributed by atoms with Gasteiger partial charge in [0, 0.05) is 18.9 Å². The van der Waals surface area contributed by atoms with Gasteiger partial charge in [0.15, 0.2) is 5.15 Å². The van der Waals surface area contributed by atoms with Gasteiger partial charge >= 0.3 is 0 Å². The van der Waals surface area contributed by atoms with Crippen LogP contribution in [0, 0.1) is 0 Å². The fourth-order valence-electron chi connectivity index (χ4n) is 2.15. The van der Waals surface area contributed by atoms with Crippen molar-refractivity contribution >= 4 is 22.5 Å². The quantitative estimate of drug-likeness (QED) is 0.869. The SMILES string of the molecule is Cn1nc(Cl)c2c(CC3(O)CC3)cccc21. The number of hydrogen-bond acceptors (Lipinski definition) is 2. The first-order chi connectivity index (χ1) is 7.59. The normalized spacial score (nSPS) is 17.9. The van der Waals surface area contributed by atoms with Gasteiger partial charge in [0.2, 0.25) is 0 Å². The summed E-state index contributed by atoms with van der Waals surface area (Å²) in [5.74, 6) is 0. The van der Waals surface area contributed by atoms with Crippen molar-refractivity contribution in [1.82, 2.24) is 9.78 Å². The van der Waals surface area contributed by atoms with Gasteiger partial charge in [-0.2, -0.15) is 5.10 Å². The average Bonchev–Trinajstić information content (AvgIpc) is 2.87. The molecule has 1 aliphatic carbocycles. The molecule has 1 aromatic carbocycles. The summed E-state index contributed by atoms with van der Waals surface area (Å²) in [6.07, 6.45) is 2.46. The Labute approximate surface area is 98.6 Å². The summed E-state index contributed by atoms with van der Waals surface area (Å²) in [4.78, 5) is 0. The van der Waals surface area contributed by atoms with Gasteiger partial charge in [0.25, 0.3) is 0 Å². The first-order valence-electron chi connectivity index (χ1n) is 5.42. The second-order valence-electron chi connectivity index (χ2n) is 4.63. The van der Waals surface area contributed by atoms with Crippen LogP contribution in [0.5, 0.6) is 0 Å². The number of nitrogens with zero attached hydrogens (tertiary/aromatic N) is 2. The zero-order valence-corrected chi connectivity index (χ0v) is 9.83. The standard InChI is InChI=1S/C12H13ClN2O/c1-15-9-4-2-3-8(7-12(16)5-6-12)10(9)11(13)14-15/h2-4,16H,5-7H2,1H3. The van der Waals surface area contributed by atoms with Gasteiger partial charge < -0.3 is 5.11 Å². The van der Waals surface area contributed by atoms with Crippen molar-refractivity contribution in [2.45, 2.75) is 24.9 Å². The Balaban J connectivity index is 2.16. The highest BCUT2D eigenvalue weighted by Gasteiger charge is 2.40. The van der Waals surface area contributed by atoms with E-state index in [-0.39, 0.29) is 0 Å². The highest BCUT2D eigenvalue weighted by atomic mass is 35.5. The molecule has 2 aromatic rings. The van der Waals surface area contributed by atoms with E-state index in [0.717, 1.165) is 29.3 Å². The molecule has 0 atom stereocenters. The van der Waals surface area contributed by atoms with Crippen molar-refractivity contribution in [1.29, 1.82) is 0 Å². The van der Waals surface area contributed by atoms with Gasteiger partial charge in [-0.3, -0.25) is 4.68 Å². The van der Waals surface area contributed by atoms with Gasteiger partial charge in [-0.05, 0) is 24.5 Å². The Kier molecular flexibility index (Phi) is 2.03. The van der Waals surface area contributed by atoms with Crippen LogP contribution in [0.25, 0.3) is 10.9 Å². The van der Waals surface area contributed by atoms with E-state index < -0.39 is 5.60 Å². The predicted molar refractivity (Wildman–Crippen MR) is 63.6 cm³/mol. The van der Waals surface area contributed by atoms with E-state index in [0.29, 0.717) is 11.6 Å². The average molecular weight is 237 g/mol. The number of fused-ring (bicyclic) bond motifs is 1. The Morgan fingerprint density at radius 3 is 2.94 bits per heavy atom. The van der Waals surface area contributed by atoms with Gasteiger partial charge in [-0.1, -0.05) is 23.7 Å². The topological polar surface area (TPSA) is 38.0 Å². The number of aryl methyl sites for hydroxylation is 1. The molecule has 1 aromatic heterocycles. The van der Waals surface area contributed by atoms with Crippen LogP contribution in [-0.2, 0) is 13.5 Å². The maximum atomic E-state index is 9.97. The van der Waals surface area contributed by atoms with Gasteiger partial charge in [-0.15, -0.1) is 0 Å². The summed E-state index contributed by atoms with van der Waals surface area (Å²) in [5, 5.41) is 15.7. The summed E-state index contributed by atoms with van der Waals surface area (Å²) in [6, 6.07) is 6.00.